The molecule has 1 aromatic heterocycles. The summed E-state index contributed by atoms with van der Waals surface area (Å²) >= 11 is 0. The summed E-state index contributed by atoms with van der Waals surface area (Å²) in [5.74, 6) is -2.65. The number of aromatic hydroxyl groups is 1. The van der Waals surface area contributed by atoms with Crippen molar-refractivity contribution in [3.63, 3.8) is 0 Å². The third-order valence-electron chi connectivity index (χ3n) is 5.44. The van der Waals surface area contributed by atoms with Crippen LogP contribution >= 0.6 is 0 Å². The molecule has 3 aromatic rings. The maximum absolute atomic E-state index is 13.9. The average molecular weight is 463 g/mol. The van der Waals surface area contributed by atoms with E-state index in [1.165, 1.54) is 24.3 Å². The molecule has 9 heteroatoms. The molecule has 6 nitrogen and oxygen atoms in total. The summed E-state index contributed by atoms with van der Waals surface area (Å²) in [4.78, 5) is 15.1. The molecule has 0 amide bonds. The smallest absolute Gasteiger partial charge is 0.453 e. The lowest BCUT2D eigenvalue weighted by molar-refractivity contribution is -0.154. The monoisotopic (exact) mass is 463 g/mol. The van der Waals surface area contributed by atoms with Gasteiger partial charge in [-0.15, -0.1) is 0 Å². The van der Waals surface area contributed by atoms with E-state index in [9.17, 15) is 23.1 Å². The first-order chi connectivity index (χ1) is 15.5. The average Bonchev–Trinajstić information content (AvgIpc) is 2.70. The molecule has 0 aliphatic carbocycles. The van der Waals surface area contributed by atoms with Crippen LogP contribution in [0, 0.1) is 6.92 Å². The lowest BCUT2D eigenvalue weighted by atomic mass is 10.1. The van der Waals surface area contributed by atoms with Gasteiger partial charge >= 0.3 is 6.18 Å². The summed E-state index contributed by atoms with van der Waals surface area (Å²) in [7, 11) is 0. The van der Waals surface area contributed by atoms with Crippen molar-refractivity contribution in [1.29, 1.82) is 0 Å². The van der Waals surface area contributed by atoms with Gasteiger partial charge in [-0.25, -0.2) is 0 Å². The van der Waals surface area contributed by atoms with E-state index in [1.807, 2.05) is 18.7 Å². The summed E-state index contributed by atoms with van der Waals surface area (Å²) in [6.07, 6.45) is -5.16. The van der Waals surface area contributed by atoms with Gasteiger partial charge in [0.2, 0.25) is 11.2 Å². The molecular formula is C24H24F3NO5. The predicted molar refractivity (Wildman–Crippen MR) is 116 cm³/mol. The highest BCUT2D eigenvalue weighted by atomic mass is 19.4. The van der Waals surface area contributed by atoms with Gasteiger partial charge in [0.1, 0.15) is 17.1 Å². The van der Waals surface area contributed by atoms with Crippen molar-refractivity contribution in [2.75, 3.05) is 13.1 Å². The van der Waals surface area contributed by atoms with Gasteiger partial charge in [0.05, 0.1) is 23.2 Å². The van der Waals surface area contributed by atoms with Crippen LogP contribution in [-0.2, 0) is 17.5 Å². The summed E-state index contributed by atoms with van der Waals surface area (Å²) in [5.41, 5.74) is -0.406. The first kappa shape index (κ1) is 23.1. The fourth-order valence-corrected chi connectivity index (χ4v) is 4.15. The second-order valence-electron chi connectivity index (χ2n) is 8.40. The van der Waals surface area contributed by atoms with Crippen LogP contribution in [0.25, 0.3) is 11.0 Å². The maximum atomic E-state index is 13.9. The third-order valence-corrected chi connectivity index (χ3v) is 5.44. The summed E-state index contributed by atoms with van der Waals surface area (Å²) < 4.78 is 58.1. The molecule has 33 heavy (non-hydrogen) atoms. The van der Waals surface area contributed by atoms with E-state index in [-0.39, 0.29) is 46.8 Å². The fraction of sp³-hybridized carbons (Fsp3) is 0.375. The van der Waals surface area contributed by atoms with Gasteiger partial charge in [0, 0.05) is 19.6 Å². The lowest BCUT2D eigenvalue weighted by Crippen LogP contribution is -2.44. The molecule has 2 heterocycles. The van der Waals surface area contributed by atoms with Crippen molar-refractivity contribution in [2.45, 2.75) is 45.7 Å². The number of aryl methyl sites for hydroxylation is 1. The van der Waals surface area contributed by atoms with Crippen LogP contribution in [0.1, 0.15) is 30.7 Å². The molecule has 1 aliphatic heterocycles. The Morgan fingerprint density at radius 1 is 1.15 bits per heavy atom. The fourth-order valence-electron chi connectivity index (χ4n) is 4.15. The van der Waals surface area contributed by atoms with E-state index in [0.717, 1.165) is 5.56 Å². The van der Waals surface area contributed by atoms with Crippen molar-refractivity contribution in [2.24, 2.45) is 0 Å². The standard InChI is InChI=1S/C24H24F3NO5/c1-13-5-4-6-16(9-13)32-22-20(30)17-7-8-19(29)18(21(17)33-23(22)24(25,26)27)12-28-10-14(2)31-15(3)11-28/h4-9,14-15,29H,10-12H2,1-3H3/t14-,15+. The van der Waals surface area contributed by atoms with Crippen LogP contribution in [0.5, 0.6) is 17.2 Å². The first-order valence-electron chi connectivity index (χ1n) is 10.5. The van der Waals surface area contributed by atoms with E-state index in [1.54, 1.807) is 19.1 Å². The summed E-state index contributed by atoms with van der Waals surface area (Å²) in [6, 6.07) is 8.87. The normalized spacial score (nSPS) is 19.7. The van der Waals surface area contributed by atoms with E-state index >= 15 is 0 Å². The van der Waals surface area contributed by atoms with Crippen LogP contribution < -0.4 is 10.2 Å². The van der Waals surface area contributed by atoms with Crippen molar-refractivity contribution < 1.29 is 32.2 Å². The molecule has 0 saturated carbocycles. The molecule has 0 bridgehead atoms. The quantitative estimate of drug-likeness (QED) is 0.572. The molecule has 0 spiro atoms. The van der Waals surface area contributed by atoms with E-state index in [4.69, 9.17) is 13.9 Å². The second kappa shape index (κ2) is 8.72. The van der Waals surface area contributed by atoms with Gasteiger partial charge in [-0.1, -0.05) is 12.1 Å². The van der Waals surface area contributed by atoms with Crippen molar-refractivity contribution >= 4 is 11.0 Å². The Hall–Kier alpha value is -3.04. The SMILES string of the molecule is Cc1cccc(Oc2c(C(F)(F)F)oc3c(CN4C[C@@H](C)O[C@@H](C)C4)c(O)ccc3c2=O)c1. The molecule has 2 atom stereocenters. The van der Waals surface area contributed by atoms with Crippen LogP contribution in [0.3, 0.4) is 0 Å². The Balaban J connectivity index is 1.85. The first-order valence-corrected chi connectivity index (χ1v) is 10.5. The van der Waals surface area contributed by atoms with Crippen molar-refractivity contribution in [3.05, 3.63) is 63.5 Å². The van der Waals surface area contributed by atoms with Gasteiger partial charge in [-0.3, -0.25) is 9.69 Å². The largest absolute Gasteiger partial charge is 0.507 e. The number of nitrogens with zero attached hydrogens (tertiary/aromatic N) is 1. The number of alkyl halides is 3. The number of hydrogen-bond acceptors (Lipinski definition) is 6. The highest BCUT2D eigenvalue weighted by Gasteiger charge is 2.41. The number of halogens is 3. The van der Waals surface area contributed by atoms with Crippen LogP contribution in [-0.4, -0.2) is 35.3 Å². The van der Waals surface area contributed by atoms with Gasteiger partial charge in [-0.2, -0.15) is 13.2 Å². The van der Waals surface area contributed by atoms with Crippen LogP contribution in [0.2, 0.25) is 0 Å². The maximum Gasteiger partial charge on any atom is 0.453 e. The zero-order valence-electron chi connectivity index (χ0n) is 18.4. The number of rotatable bonds is 4. The topological polar surface area (TPSA) is 72.1 Å². The Bertz CT molecular complexity index is 1230. The molecule has 1 aliphatic rings. The zero-order valence-corrected chi connectivity index (χ0v) is 18.4. The molecular weight excluding hydrogens is 439 g/mol. The molecule has 1 saturated heterocycles. The van der Waals surface area contributed by atoms with Gasteiger partial charge in [0.15, 0.2) is 0 Å². The highest BCUT2D eigenvalue weighted by Crippen LogP contribution is 2.40. The Kier molecular flexibility index (Phi) is 6.11. The van der Waals surface area contributed by atoms with Gasteiger partial charge in [0.25, 0.3) is 5.76 Å². The Labute approximate surface area is 188 Å². The number of benzene rings is 2. The molecule has 2 aromatic carbocycles. The molecule has 1 fully saturated rings. The minimum atomic E-state index is -4.99. The Morgan fingerprint density at radius 2 is 1.85 bits per heavy atom. The predicted octanol–water partition coefficient (Wildman–Crippen LogP) is 5.23. The van der Waals surface area contributed by atoms with Gasteiger partial charge < -0.3 is 19.0 Å². The minimum absolute atomic E-state index is 0.0852. The lowest BCUT2D eigenvalue weighted by Gasteiger charge is -2.35. The van der Waals surface area contributed by atoms with E-state index in [2.05, 4.69) is 0 Å². The number of phenolic OH excluding ortho intramolecular Hbond substituents is 1. The number of hydrogen-bond donors (Lipinski definition) is 1. The van der Waals surface area contributed by atoms with Crippen molar-refractivity contribution in [3.8, 4) is 17.2 Å². The molecule has 0 unspecified atom stereocenters. The van der Waals surface area contributed by atoms with Crippen molar-refractivity contribution in [1.82, 2.24) is 4.90 Å². The third kappa shape index (κ3) is 4.84. The van der Waals surface area contributed by atoms with E-state index < -0.39 is 23.1 Å². The molecule has 1 N–H and O–H groups in total. The number of fused-ring (bicyclic) bond motifs is 1. The summed E-state index contributed by atoms with van der Waals surface area (Å²) in [5, 5.41) is 10.4. The van der Waals surface area contributed by atoms with E-state index in [0.29, 0.717) is 13.1 Å². The molecule has 4 rings (SSSR count). The Morgan fingerprint density at radius 3 is 2.48 bits per heavy atom. The number of phenols is 1. The number of ether oxygens (including phenoxy) is 2. The summed E-state index contributed by atoms with van der Waals surface area (Å²) in [6.45, 7) is 6.67. The molecule has 0 radical (unpaired) electrons. The second-order valence-corrected chi connectivity index (χ2v) is 8.40. The van der Waals surface area contributed by atoms with Crippen LogP contribution in [0.15, 0.2) is 45.6 Å². The van der Waals surface area contributed by atoms with Crippen LogP contribution in [0.4, 0.5) is 13.2 Å². The minimum Gasteiger partial charge on any atom is -0.507 e. The molecule has 176 valence electrons. The highest BCUT2D eigenvalue weighted by molar-refractivity contribution is 5.83. The zero-order chi connectivity index (χ0) is 23.9. The number of morpholine rings is 1. The van der Waals surface area contributed by atoms with Gasteiger partial charge in [-0.05, 0) is 50.6 Å².